The number of nitrogens with zero attached hydrogens (tertiary/aromatic N) is 1. The molecule has 3 nitrogen and oxygen atoms in total. The van der Waals surface area contributed by atoms with Gasteiger partial charge in [0, 0.05) is 19.2 Å². The topological polar surface area (TPSA) is 46.3 Å². The number of alkyl halides is 3. The number of nitrogens with two attached hydrogens (primary N) is 1. The van der Waals surface area contributed by atoms with Gasteiger partial charge in [0.15, 0.2) is 0 Å². The average Bonchev–Trinajstić information content (AvgIpc) is 2.95. The van der Waals surface area contributed by atoms with E-state index in [1.165, 1.54) is 18.2 Å². The van der Waals surface area contributed by atoms with Crippen molar-refractivity contribution in [3.63, 3.8) is 0 Å². The summed E-state index contributed by atoms with van der Waals surface area (Å²) in [6.45, 7) is 3.60. The van der Waals surface area contributed by atoms with E-state index in [9.17, 15) is 18.0 Å². The highest BCUT2D eigenvalue weighted by Crippen LogP contribution is 2.30. The van der Waals surface area contributed by atoms with Gasteiger partial charge in [0.05, 0.1) is 5.56 Å². The molecule has 0 spiro atoms. The van der Waals surface area contributed by atoms with Gasteiger partial charge in [-0.3, -0.25) is 4.79 Å². The molecule has 120 valence electrons. The molecule has 1 fully saturated rings. The predicted octanol–water partition coefficient (Wildman–Crippen LogP) is 2.92. The minimum Gasteiger partial charge on any atom is -0.339 e. The molecule has 1 saturated heterocycles. The first-order valence-electron chi connectivity index (χ1n) is 7.16. The molecule has 0 aromatic heterocycles. The van der Waals surface area contributed by atoms with E-state index in [1.807, 2.05) is 0 Å². The summed E-state index contributed by atoms with van der Waals surface area (Å²) in [4.78, 5) is 13.9. The highest BCUT2D eigenvalue weighted by Gasteiger charge is 2.30. The lowest BCUT2D eigenvalue weighted by Gasteiger charge is -2.14. The van der Waals surface area contributed by atoms with Crippen LogP contribution in [-0.2, 0) is 11.0 Å². The quantitative estimate of drug-likeness (QED) is 0.872. The van der Waals surface area contributed by atoms with E-state index >= 15 is 0 Å². The second kappa shape index (κ2) is 6.52. The van der Waals surface area contributed by atoms with E-state index < -0.39 is 11.7 Å². The Morgan fingerprint density at radius 2 is 2.00 bits per heavy atom. The van der Waals surface area contributed by atoms with E-state index in [4.69, 9.17) is 5.73 Å². The first-order valence-corrected chi connectivity index (χ1v) is 7.16. The summed E-state index contributed by atoms with van der Waals surface area (Å²) < 4.78 is 37.6. The van der Waals surface area contributed by atoms with Crippen LogP contribution < -0.4 is 5.73 Å². The van der Waals surface area contributed by atoms with Crippen molar-refractivity contribution in [1.82, 2.24) is 4.90 Å². The number of carbonyl (C=O) groups excluding carboxylic acids is 1. The monoisotopic (exact) mass is 312 g/mol. The molecule has 22 heavy (non-hydrogen) atoms. The number of rotatable bonds is 3. The molecule has 1 aromatic rings. The van der Waals surface area contributed by atoms with Crippen LogP contribution in [0, 0.1) is 5.92 Å². The Bertz CT molecular complexity index is 564. The standard InChI is InChI=1S/C16H19F3N2O/c1-11(8-15(22)21-7-6-12(9-20)10-21)13-2-4-14(5-3-13)16(17,18)19/h2-5,8,12H,6-7,9-10,20H2,1H3/b11-8+. The summed E-state index contributed by atoms with van der Waals surface area (Å²) in [5, 5.41) is 0. The van der Waals surface area contributed by atoms with Crippen LogP contribution in [0.2, 0.25) is 0 Å². The van der Waals surface area contributed by atoms with Gasteiger partial charge in [-0.1, -0.05) is 12.1 Å². The molecule has 1 unspecified atom stereocenters. The van der Waals surface area contributed by atoms with Crippen molar-refractivity contribution in [2.45, 2.75) is 19.5 Å². The Balaban J connectivity index is 2.07. The summed E-state index contributed by atoms with van der Waals surface area (Å²) in [5.74, 6) is 0.220. The fourth-order valence-electron chi connectivity index (χ4n) is 2.51. The van der Waals surface area contributed by atoms with Crippen molar-refractivity contribution >= 4 is 11.5 Å². The van der Waals surface area contributed by atoms with Crippen molar-refractivity contribution in [2.24, 2.45) is 11.7 Å². The van der Waals surface area contributed by atoms with Crippen LogP contribution in [-0.4, -0.2) is 30.4 Å². The predicted molar refractivity (Wildman–Crippen MR) is 78.8 cm³/mol. The van der Waals surface area contributed by atoms with Crippen LogP contribution in [0.4, 0.5) is 13.2 Å². The molecule has 6 heteroatoms. The molecule has 0 radical (unpaired) electrons. The second-order valence-electron chi connectivity index (χ2n) is 5.58. The third kappa shape index (κ3) is 3.88. The number of halogens is 3. The van der Waals surface area contributed by atoms with E-state index in [2.05, 4.69) is 0 Å². The Hall–Kier alpha value is -1.82. The molecule has 1 heterocycles. The van der Waals surface area contributed by atoms with Crippen molar-refractivity contribution in [1.29, 1.82) is 0 Å². The van der Waals surface area contributed by atoms with Gasteiger partial charge in [-0.05, 0) is 49.1 Å². The smallest absolute Gasteiger partial charge is 0.339 e. The maximum absolute atomic E-state index is 12.5. The van der Waals surface area contributed by atoms with Crippen molar-refractivity contribution in [2.75, 3.05) is 19.6 Å². The molecule has 1 amide bonds. The summed E-state index contributed by atoms with van der Waals surface area (Å²) in [6.07, 6.45) is -1.98. The SMILES string of the molecule is C/C(=C\C(=O)N1CCC(CN)C1)c1ccc(C(F)(F)F)cc1. The van der Waals surface area contributed by atoms with Crippen LogP contribution >= 0.6 is 0 Å². The van der Waals surface area contributed by atoms with Crippen LogP contribution in [0.5, 0.6) is 0 Å². The minimum atomic E-state index is -4.35. The normalized spacial score (nSPS) is 19.6. The zero-order valence-corrected chi connectivity index (χ0v) is 12.4. The fraction of sp³-hybridized carbons (Fsp3) is 0.438. The second-order valence-corrected chi connectivity index (χ2v) is 5.58. The molecule has 1 aromatic carbocycles. The average molecular weight is 312 g/mol. The van der Waals surface area contributed by atoms with E-state index in [-0.39, 0.29) is 5.91 Å². The molecule has 0 aliphatic carbocycles. The summed E-state index contributed by atoms with van der Waals surface area (Å²) in [7, 11) is 0. The fourth-order valence-corrected chi connectivity index (χ4v) is 2.51. The molecular formula is C16H19F3N2O. The zero-order chi connectivity index (χ0) is 16.3. The van der Waals surface area contributed by atoms with Crippen LogP contribution in [0.3, 0.4) is 0 Å². The summed E-state index contributed by atoms with van der Waals surface area (Å²) >= 11 is 0. The Kier molecular flexibility index (Phi) is 4.90. The highest BCUT2D eigenvalue weighted by atomic mass is 19.4. The number of carbonyl (C=O) groups is 1. The van der Waals surface area contributed by atoms with Crippen LogP contribution in [0.15, 0.2) is 30.3 Å². The highest BCUT2D eigenvalue weighted by molar-refractivity contribution is 5.95. The number of likely N-dealkylation sites (tertiary alicyclic amines) is 1. The summed E-state index contributed by atoms with van der Waals surface area (Å²) in [5.41, 5.74) is 6.15. The zero-order valence-electron chi connectivity index (χ0n) is 12.4. The number of allylic oxidation sites excluding steroid dienone is 1. The number of amides is 1. The largest absolute Gasteiger partial charge is 0.416 e. The van der Waals surface area contributed by atoms with E-state index in [1.54, 1.807) is 11.8 Å². The van der Waals surface area contributed by atoms with E-state index in [0.29, 0.717) is 36.7 Å². The van der Waals surface area contributed by atoms with Gasteiger partial charge in [0.2, 0.25) is 5.91 Å². The van der Waals surface area contributed by atoms with Gasteiger partial charge in [0.1, 0.15) is 0 Å². The number of benzene rings is 1. The minimum absolute atomic E-state index is 0.117. The van der Waals surface area contributed by atoms with Gasteiger partial charge in [-0.2, -0.15) is 13.2 Å². The third-order valence-corrected chi connectivity index (χ3v) is 3.94. The van der Waals surface area contributed by atoms with Crippen molar-refractivity contribution in [3.8, 4) is 0 Å². The van der Waals surface area contributed by atoms with Crippen molar-refractivity contribution < 1.29 is 18.0 Å². The molecule has 0 saturated carbocycles. The summed E-state index contributed by atoms with van der Waals surface area (Å²) in [6, 6.07) is 4.82. The lowest BCUT2D eigenvalue weighted by molar-refractivity contribution is -0.137. The Morgan fingerprint density at radius 3 is 2.50 bits per heavy atom. The molecule has 1 aliphatic rings. The lowest BCUT2D eigenvalue weighted by atomic mass is 10.0. The molecule has 0 bridgehead atoms. The van der Waals surface area contributed by atoms with Gasteiger partial charge < -0.3 is 10.6 Å². The number of hydrogen-bond donors (Lipinski definition) is 1. The Labute approximate surface area is 127 Å². The first kappa shape index (κ1) is 16.5. The first-order chi connectivity index (χ1) is 10.3. The molecule has 2 rings (SSSR count). The van der Waals surface area contributed by atoms with Crippen LogP contribution in [0.25, 0.3) is 5.57 Å². The van der Waals surface area contributed by atoms with Gasteiger partial charge >= 0.3 is 6.18 Å². The molecular weight excluding hydrogens is 293 g/mol. The maximum Gasteiger partial charge on any atom is 0.416 e. The third-order valence-electron chi connectivity index (χ3n) is 3.94. The maximum atomic E-state index is 12.5. The van der Waals surface area contributed by atoms with Crippen LogP contribution in [0.1, 0.15) is 24.5 Å². The number of hydrogen-bond acceptors (Lipinski definition) is 2. The molecule has 1 atom stereocenters. The molecule has 1 aliphatic heterocycles. The van der Waals surface area contributed by atoms with Gasteiger partial charge in [0.25, 0.3) is 0 Å². The lowest BCUT2D eigenvalue weighted by Crippen LogP contribution is -2.28. The molecule has 2 N–H and O–H groups in total. The van der Waals surface area contributed by atoms with Crippen molar-refractivity contribution in [3.05, 3.63) is 41.5 Å². The Morgan fingerprint density at radius 1 is 1.36 bits per heavy atom. The van der Waals surface area contributed by atoms with Gasteiger partial charge in [-0.25, -0.2) is 0 Å². The van der Waals surface area contributed by atoms with E-state index in [0.717, 1.165) is 18.6 Å². The van der Waals surface area contributed by atoms with Gasteiger partial charge in [-0.15, -0.1) is 0 Å².